The lowest BCUT2D eigenvalue weighted by atomic mass is 9.95. The molecule has 0 radical (unpaired) electrons. The van der Waals surface area contributed by atoms with E-state index in [0.29, 0.717) is 19.1 Å². The Kier molecular flexibility index (Phi) is 5.15. The fraction of sp³-hybridized carbons (Fsp3) is 0.562. The number of nitrogens with zero attached hydrogens (tertiary/aromatic N) is 1. The molecule has 1 aromatic carbocycles. The lowest BCUT2D eigenvalue weighted by Crippen LogP contribution is -2.47. The summed E-state index contributed by atoms with van der Waals surface area (Å²) in [5.41, 5.74) is 1.26. The average molecular weight is 277 g/mol. The van der Waals surface area contributed by atoms with Crippen LogP contribution in [-0.4, -0.2) is 41.8 Å². The largest absolute Gasteiger partial charge is 0.479 e. The molecule has 2 rings (SSSR count). The first-order chi connectivity index (χ1) is 9.58. The number of carboxylic acid groups (broad SMARTS) is 1. The summed E-state index contributed by atoms with van der Waals surface area (Å²) in [6.45, 7) is 6.13. The maximum Gasteiger partial charge on any atom is 0.334 e. The minimum absolute atomic E-state index is 0.266. The predicted molar refractivity (Wildman–Crippen MR) is 77.6 cm³/mol. The third kappa shape index (κ3) is 3.81. The highest BCUT2D eigenvalue weighted by Crippen LogP contribution is 2.29. The van der Waals surface area contributed by atoms with E-state index >= 15 is 0 Å². The van der Waals surface area contributed by atoms with E-state index in [1.807, 2.05) is 18.2 Å². The molecule has 1 heterocycles. The molecule has 110 valence electrons. The molecule has 0 amide bonds. The van der Waals surface area contributed by atoms with Gasteiger partial charge >= 0.3 is 5.97 Å². The molecule has 1 N–H and O–H groups in total. The van der Waals surface area contributed by atoms with E-state index in [1.165, 1.54) is 5.56 Å². The minimum atomic E-state index is -0.869. The number of morpholine rings is 1. The molecule has 4 heteroatoms. The average Bonchev–Trinajstić information content (AvgIpc) is 2.45. The Hall–Kier alpha value is -1.39. The fourth-order valence-electron chi connectivity index (χ4n) is 2.72. The highest BCUT2D eigenvalue weighted by molar-refractivity contribution is 5.72. The maximum atomic E-state index is 11.1. The maximum absolute atomic E-state index is 11.1. The van der Waals surface area contributed by atoms with Crippen LogP contribution < -0.4 is 0 Å². The summed E-state index contributed by atoms with van der Waals surface area (Å²) in [6, 6.07) is 10.6. The van der Waals surface area contributed by atoms with E-state index in [0.717, 1.165) is 13.0 Å². The third-order valence-corrected chi connectivity index (χ3v) is 3.69. The number of hydrogen-bond donors (Lipinski definition) is 1. The minimum Gasteiger partial charge on any atom is -0.479 e. The van der Waals surface area contributed by atoms with Crippen molar-refractivity contribution < 1.29 is 14.6 Å². The van der Waals surface area contributed by atoms with E-state index in [2.05, 4.69) is 30.9 Å². The summed E-state index contributed by atoms with van der Waals surface area (Å²) in [7, 11) is 0. The van der Waals surface area contributed by atoms with Gasteiger partial charge < -0.3 is 9.84 Å². The smallest absolute Gasteiger partial charge is 0.334 e. The molecule has 4 nitrogen and oxygen atoms in total. The van der Waals surface area contributed by atoms with Crippen LogP contribution in [0.5, 0.6) is 0 Å². The van der Waals surface area contributed by atoms with Gasteiger partial charge in [-0.15, -0.1) is 0 Å². The predicted octanol–water partition coefficient (Wildman–Crippen LogP) is 2.56. The van der Waals surface area contributed by atoms with E-state index in [-0.39, 0.29) is 6.04 Å². The molecule has 20 heavy (non-hydrogen) atoms. The highest BCUT2D eigenvalue weighted by atomic mass is 16.5. The molecule has 0 aromatic heterocycles. The van der Waals surface area contributed by atoms with Crippen molar-refractivity contribution in [2.24, 2.45) is 5.92 Å². The molecule has 1 aromatic rings. The van der Waals surface area contributed by atoms with Gasteiger partial charge in [-0.3, -0.25) is 4.90 Å². The van der Waals surface area contributed by atoms with E-state index in [9.17, 15) is 4.79 Å². The Morgan fingerprint density at radius 1 is 1.40 bits per heavy atom. The van der Waals surface area contributed by atoms with Crippen molar-refractivity contribution in [3.8, 4) is 0 Å². The first-order valence-electron chi connectivity index (χ1n) is 7.21. The van der Waals surface area contributed by atoms with Gasteiger partial charge in [-0.2, -0.15) is 0 Å². The van der Waals surface area contributed by atoms with Crippen molar-refractivity contribution in [1.82, 2.24) is 4.90 Å². The lowest BCUT2D eigenvalue weighted by Gasteiger charge is -2.38. The summed E-state index contributed by atoms with van der Waals surface area (Å²) < 4.78 is 5.32. The second kappa shape index (κ2) is 6.86. The first kappa shape index (κ1) is 15.0. The number of aliphatic carboxylic acids is 1. The van der Waals surface area contributed by atoms with Gasteiger partial charge in [0, 0.05) is 19.1 Å². The Labute approximate surface area is 120 Å². The molecular weight excluding hydrogens is 254 g/mol. The Morgan fingerprint density at radius 3 is 2.70 bits per heavy atom. The van der Waals surface area contributed by atoms with Crippen LogP contribution in [0.15, 0.2) is 30.3 Å². The number of rotatable bonds is 5. The van der Waals surface area contributed by atoms with E-state index in [1.54, 1.807) is 0 Å². The Morgan fingerprint density at radius 2 is 2.10 bits per heavy atom. The molecule has 1 saturated heterocycles. The Balaban J connectivity index is 2.16. The highest BCUT2D eigenvalue weighted by Gasteiger charge is 2.31. The van der Waals surface area contributed by atoms with E-state index < -0.39 is 12.1 Å². The van der Waals surface area contributed by atoms with Gasteiger partial charge in [-0.25, -0.2) is 4.79 Å². The van der Waals surface area contributed by atoms with Gasteiger partial charge in [-0.1, -0.05) is 44.2 Å². The summed E-state index contributed by atoms with van der Waals surface area (Å²) in [4.78, 5) is 13.4. The van der Waals surface area contributed by atoms with Crippen LogP contribution in [0.4, 0.5) is 0 Å². The van der Waals surface area contributed by atoms with Gasteiger partial charge in [0.15, 0.2) is 6.10 Å². The quantitative estimate of drug-likeness (QED) is 0.898. The molecule has 0 bridgehead atoms. The molecule has 1 aliphatic heterocycles. The van der Waals surface area contributed by atoms with Crippen LogP contribution in [0.25, 0.3) is 0 Å². The number of carboxylic acids is 1. The standard InChI is InChI=1S/C16H23NO3/c1-12(2)10-14(13-6-4-3-5-7-13)17-8-9-20-15(11-17)16(18)19/h3-7,12,14-15H,8-11H2,1-2H3,(H,18,19). The van der Waals surface area contributed by atoms with Crippen LogP contribution >= 0.6 is 0 Å². The zero-order chi connectivity index (χ0) is 14.5. The van der Waals surface area contributed by atoms with Crippen molar-refractivity contribution in [3.05, 3.63) is 35.9 Å². The third-order valence-electron chi connectivity index (χ3n) is 3.69. The molecule has 2 unspecified atom stereocenters. The Bertz CT molecular complexity index is 433. The summed E-state index contributed by atoms with van der Waals surface area (Å²) in [5.74, 6) is -0.308. The number of benzene rings is 1. The van der Waals surface area contributed by atoms with Crippen LogP contribution in [0.3, 0.4) is 0 Å². The molecule has 1 aliphatic rings. The van der Waals surface area contributed by atoms with Gasteiger partial charge in [0.25, 0.3) is 0 Å². The fourth-order valence-corrected chi connectivity index (χ4v) is 2.72. The summed E-state index contributed by atoms with van der Waals surface area (Å²) >= 11 is 0. The van der Waals surface area contributed by atoms with Crippen molar-refractivity contribution in [2.75, 3.05) is 19.7 Å². The van der Waals surface area contributed by atoms with Crippen molar-refractivity contribution in [2.45, 2.75) is 32.4 Å². The first-order valence-corrected chi connectivity index (χ1v) is 7.21. The van der Waals surface area contributed by atoms with Crippen LogP contribution in [0, 0.1) is 5.92 Å². The zero-order valence-electron chi connectivity index (χ0n) is 12.2. The van der Waals surface area contributed by atoms with Crippen molar-refractivity contribution in [1.29, 1.82) is 0 Å². The summed E-state index contributed by atoms with van der Waals surface area (Å²) in [6.07, 6.45) is 0.318. The number of carbonyl (C=O) groups is 1. The normalized spacial score (nSPS) is 21.9. The second-order valence-electron chi connectivity index (χ2n) is 5.75. The molecule has 2 atom stereocenters. The molecule has 1 fully saturated rings. The SMILES string of the molecule is CC(C)CC(c1ccccc1)N1CCOC(C(=O)O)C1. The van der Waals surface area contributed by atoms with E-state index in [4.69, 9.17) is 9.84 Å². The molecule has 0 aliphatic carbocycles. The summed E-state index contributed by atoms with van der Waals surface area (Å²) in [5, 5.41) is 9.14. The molecular formula is C16H23NO3. The zero-order valence-corrected chi connectivity index (χ0v) is 12.2. The number of hydrogen-bond acceptors (Lipinski definition) is 3. The van der Waals surface area contributed by atoms with Crippen molar-refractivity contribution in [3.63, 3.8) is 0 Å². The van der Waals surface area contributed by atoms with Crippen molar-refractivity contribution >= 4 is 5.97 Å². The van der Waals surface area contributed by atoms with Gasteiger partial charge in [0.05, 0.1) is 6.61 Å². The molecule has 0 spiro atoms. The second-order valence-corrected chi connectivity index (χ2v) is 5.75. The van der Waals surface area contributed by atoms with Gasteiger partial charge in [-0.05, 0) is 17.9 Å². The van der Waals surface area contributed by atoms with Gasteiger partial charge in [0.1, 0.15) is 0 Å². The van der Waals surface area contributed by atoms with Gasteiger partial charge in [0.2, 0.25) is 0 Å². The van der Waals surface area contributed by atoms with Crippen LogP contribution in [-0.2, 0) is 9.53 Å². The van der Waals surface area contributed by atoms with Crippen LogP contribution in [0.1, 0.15) is 31.9 Å². The molecule has 0 saturated carbocycles. The monoisotopic (exact) mass is 277 g/mol. The topological polar surface area (TPSA) is 49.8 Å². The lowest BCUT2D eigenvalue weighted by molar-refractivity contribution is -0.157. The van der Waals surface area contributed by atoms with Crippen LogP contribution in [0.2, 0.25) is 0 Å². The number of ether oxygens (including phenoxy) is 1.